The molecule has 6 nitrogen and oxygen atoms in total. The van der Waals surface area contributed by atoms with Crippen LogP contribution in [0.1, 0.15) is 23.2 Å². The Morgan fingerprint density at radius 1 is 1.25 bits per heavy atom. The van der Waals surface area contributed by atoms with Crippen LogP contribution in [-0.4, -0.2) is 37.6 Å². The molecule has 0 aromatic heterocycles. The van der Waals surface area contributed by atoms with Crippen LogP contribution in [0.5, 0.6) is 0 Å². The zero-order valence-corrected chi connectivity index (χ0v) is 11.4. The molecule has 6 heteroatoms. The van der Waals surface area contributed by atoms with Gasteiger partial charge in [-0.05, 0) is 25.0 Å². The highest BCUT2D eigenvalue weighted by Crippen LogP contribution is 2.22. The molecule has 2 rings (SSSR count). The molecule has 1 aliphatic rings. The summed E-state index contributed by atoms with van der Waals surface area (Å²) < 4.78 is 5.22. The number of rotatable bonds is 3. The summed E-state index contributed by atoms with van der Waals surface area (Å²) in [7, 11) is 1.55. The van der Waals surface area contributed by atoms with Crippen LogP contribution in [0.4, 0.5) is 5.69 Å². The average Bonchev–Trinajstić information content (AvgIpc) is 2.47. The molecule has 1 fully saturated rings. The van der Waals surface area contributed by atoms with Gasteiger partial charge in [0, 0.05) is 20.3 Å². The largest absolute Gasteiger partial charge is 0.381 e. The minimum Gasteiger partial charge on any atom is -0.381 e. The molecule has 0 aliphatic carbocycles. The van der Waals surface area contributed by atoms with Crippen LogP contribution in [0.3, 0.4) is 0 Å². The van der Waals surface area contributed by atoms with E-state index in [2.05, 4.69) is 10.6 Å². The molecule has 1 aromatic rings. The maximum Gasteiger partial charge on any atom is 0.253 e. The van der Waals surface area contributed by atoms with Gasteiger partial charge in [0.1, 0.15) is 5.54 Å². The van der Waals surface area contributed by atoms with Gasteiger partial charge in [-0.2, -0.15) is 0 Å². The standard InChI is InChI=1S/C14H19N3O3/c1-16-12(18)10-4-2-3-5-11(10)17-13(19)14(15)6-8-20-9-7-14/h2-5H,6-9,15H2,1H3,(H,16,18)(H,17,19). The molecular weight excluding hydrogens is 258 g/mol. The van der Waals surface area contributed by atoms with E-state index in [4.69, 9.17) is 10.5 Å². The molecule has 4 N–H and O–H groups in total. The van der Waals surface area contributed by atoms with Crippen molar-refractivity contribution < 1.29 is 14.3 Å². The van der Waals surface area contributed by atoms with Gasteiger partial charge in [-0.15, -0.1) is 0 Å². The molecule has 108 valence electrons. The topological polar surface area (TPSA) is 93.5 Å². The second-order valence-electron chi connectivity index (χ2n) is 4.85. The number of nitrogens with two attached hydrogens (primary N) is 1. The number of ether oxygens (including phenoxy) is 1. The summed E-state index contributed by atoms with van der Waals surface area (Å²) in [5.74, 6) is -0.531. The molecule has 0 spiro atoms. The number of para-hydroxylation sites is 1. The average molecular weight is 277 g/mol. The van der Waals surface area contributed by atoms with E-state index < -0.39 is 5.54 Å². The van der Waals surface area contributed by atoms with Crippen LogP contribution in [0.2, 0.25) is 0 Å². The highest BCUT2D eigenvalue weighted by atomic mass is 16.5. The SMILES string of the molecule is CNC(=O)c1ccccc1NC(=O)C1(N)CCOCC1. The van der Waals surface area contributed by atoms with Gasteiger partial charge in [0.15, 0.2) is 0 Å². The normalized spacial score (nSPS) is 17.3. The van der Waals surface area contributed by atoms with Gasteiger partial charge in [-0.1, -0.05) is 12.1 Å². The van der Waals surface area contributed by atoms with E-state index in [1.165, 1.54) is 0 Å². The third kappa shape index (κ3) is 2.97. The zero-order valence-electron chi connectivity index (χ0n) is 11.4. The number of amides is 2. The Hall–Kier alpha value is -1.92. The number of benzene rings is 1. The molecule has 1 aromatic carbocycles. The Labute approximate surface area is 117 Å². The Morgan fingerprint density at radius 2 is 1.90 bits per heavy atom. The number of carbonyl (C=O) groups is 2. The lowest BCUT2D eigenvalue weighted by Gasteiger charge is -2.32. The van der Waals surface area contributed by atoms with Crippen LogP contribution >= 0.6 is 0 Å². The van der Waals surface area contributed by atoms with Gasteiger partial charge in [0.25, 0.3) is 5.91 Å². The Morgan fingerprint density at radius 3 is 2.55 bits per heavy atom. The first-order valence-corrected chi connectivity index (χ1v) is 6.56. The van der Waals surface area contributed by atoms with Crippen molar-refractivity contribution in [3.8, 4) is 0 Å². The highest BCUT2D eigenvalue weighted by Gasteiger charge is 2.36. The Bertz CT molecular complexity index is 510. The monoisotopic (exact) mass is 277 g/mol. The van der Waals surface area contributed by atoms with E-state index >= 15 is 0 Å². The Kier molecular flexibility index (Phi) is 4.36. The van der Waals surface area contributed by atoms with Gasteiger partial charge in [0.2, 0.25) is 5.91 Å². The van der Waals surface area contributed by atoms with Crippen molar-refractivity contribution in [2.75, 3.05) is 25.6 Å². The first kappa shape index (κ1) is 14.5. The van der Waals surface area contributed by atoms with E-state index in [1.54, 1.807) is 31.3 Å². The first-order chi connectivity index (χ1) is 9.57. The summed E-state index contributed by atoms with van der Waals surface area (Å²) in [6.45, 7) is 0.946. The molecule has 0 atom stereocenters. The second-order valence-corrected chi connectivity index (χ2v) is 4.85. The van der Waals surface area contributed by atoms with E-state index in [0.717, 1.165) is 0 Å². The number of hydrogen-bond acceptors (Lipinski definition) is 4. The smallest absolute Gasteiger partial charge is 0.253 e. The summed E-state index contributed by atoms with van der Waals surface area (Å²) in [6, 6.07) is 6.84. The molecule has 0 bridgehead atoms. The van der Waals surface area contributed by atoms with Gasteiger partial charge >= 0.3 is 0 Å². The van der Waals surface area contributed by atoms with E-state index in [1.807, 2.05) is 0 Å². The van der Waals surface area contributed by atoms with Gasteiger partial charge < -0.3 is 21.1 Å². The number of nitrogens with one attached hydrogen (secondary N) is 2. The lowest BCUT2D eigenvalue weighted by atomic mass is 9.90. The third-order valence-electron chi connectivity index (χ3n) is 3.48. The lowest BCUT2D eigenvalue weighted by Crippen LogP contribution is -2.54. The fraction of sp³-hybridized carbons (Fsp3) is 0.429. The number of anilines is 1. The van der Waals surface area contributed by atoms with E-state index in [-0.39, 0.29) is 11.8 Å². The third-order valence-corrected chi connectivity index (χ3v) is 3.48. The maximum atomic E-state index is 12.3. The molecule has 0 saturated carbocycles. The highest BCUT2D eigenvalue weighted by molar-refractivity contribution is 6.05. The fourth-order valence-electron chi connectivity index (χ4n) is 2.13. The van der Waals surface area contributed by atoms with Crippen LogP contribution in [-0.2, 0) is 9.53 Å². The summed E-state index contributed by atoms with van der Waals surface area (Å²) >= 11 is 0. The minimum atomic E-state index is -0.936. The minimum absolute atomic E-state index is 0.251. The summed E-state index contributed by atoms with van der Waals surface area (Å²) in [5, 5.41) is 5.30. The van der Waals surface area contributed by atoms with Gasteiger partial charge in [-0.25, -0.2) is 0 Å². The molecule has 2 amide bonds. The van der Waals surface area contributed by atoms with Crippen molar-refractivity contribution in [1.29, 1.82) is 0 Å². The molecular formula is C14H19N3O3. The Balaban J connectivity index is 2.17. The zero-order chi connectivity index (χ0) is 14.6. The van der Waals surface area contributed by atoms with Crippen LogP contribution in [0.25, 0.3) is 0 Å². The molecule has 0 unspecified atom stereocenters. The summed E-state index contributed by atoms with van der Waals surface area (Å²) in [4.78, 5) is 24.1. The molecule has 20 heavy (non-hydrogen) atoms. The van der Waals surface area contributed by atoms with Crippen LogP contribution in [0.15, 0.2) is 24.3 Å². The number of carbonyl (C=O) groups excluding carboxylic acids is 2. The predicted molar refractivity (Wildman–Crippen MR) is 75.4 cm³/mol. The van der Waals surface area contributed by atoms with Gasteiger partial charge in [0.05, 0.1) is 11.3 Å². The molecule has 0 radical (unpaired) electrons. The predicted octanol–water partition coefficient (Wildman–Crippen LogP) is 0.493. The van der Waals surface area contributed by atoms with E-state index in [0.29, 0.717) is 37.3 Å². The molecule has 1 aliphatic heterocycles. The maximum absolute atomic E-state index is 12.3. The van der Waals surface area contributed by atoms with Crippen molar-refractivity contribution >= 4 is 17.5 Å². The van der Waals surface area contributed by atoms with E-state index in [9.17, 15) is 9.59 Å². The van der Waals surface area contributed by atoms with Crippen molar-refractivity contribution in [2.45, 2.75) is 18.4 Å². The van der Waals surface area contributed by atoms with Crippen molar-refractivity contribution in [2.24, 2.45) is 5.73 Å². The van der Waals surface area contributed by atoms with Crippen molar-refractivity contribution in [3.05, 3.63) is 29.8 Å². The lowest BCUT2D eigenvalue weighted by molar-refractivity contribution is -0.124. The molecule has 1 heterocycles. The molecule has 1 saturated heterocycles. The van der Waals surface area contributed by atoms with Crippen LogP contribution < -0.4 is 16.4 Å². The second kappa shape index (κ2) is 6.02. The van der Waals surface area contributed by atoms with Crippen LogP contribution in [0, 0.1) is 0 Å². The van der Waals surface area contributed by atoms with Crippen molar-refractivity contribution in [3.63, 3.8) is 0 Å². The fourth-order valence-corrected chi connectivity index (χ4v) is 2.13. The summed E-state index contributed by atoms with van der Waals surface area (Å²) in [5.41, 5.74) is 6.06. The summed E-state index contributed by atoms with van der Waals surface area (Å²) in [6.07, 6.45) is 0.946. The van der Waals surface area contributed by atoms with Gasteiger partial charge in [-0.3, -0.25) is 9.59 Å². The van der Waals surface area contributed by atoms with Crippen molar-refractivity contribution in [1.82, 2.24) is 5.32 Å². The number of hydrogen-bond donors (Lipinski definition) is 3. The quantitative estimate of drug-likeness (QED) is 0.749. The first-order valence-electron chi connectivity index (χ1n) is 6.56.